The number of hydrogen-bond acceptors (Lipinski definition) is 2. The van der Waals surface area contributed by atoms with Crippen LogP contribution in [0.3, 0.4) is 0 Å². The van der Waals surface area contributed by atoms with Crippen molar-refractivity contribution in [1.29, 1.82) is 0 Å². The summed E-state index contributed by atoms with van der Waals surface area (Å²) in [6, 6.07) is 17.7. The van der Waals surface area contributed by atoms with Crippen LogP contribution in [0.15, 0.2) is 54.6 Å². The molecule has 1 heterocycles. The summed E-state index contributed by atoms with van der Waals surface area (Å²) >= 11 is 6.23. The average molecular weight is 275 g/mol. The van der Waals surface area contributed by atoms with Crippen LogP contribution in [0.25, 0.3) is 0 Å². The van der Waals surface area contributed by atoms with Gasteiger partial charge in [-0.15, -0.1) is 0 Å². The summed E-state index contributed by atoms with van der Waals surface area (Å²) in [5.74, 6) is 0. The van der Waals surface area contributed by atoms with Gasteiger partial charge in [-0.3, -0.25) is 0 Å². The van der Waals surface area contributed by atoms with Crippen molar-refractivity contribution in [2.45, 2.75) is 25.4 Å². The molecule has 1 fully saturated rings. The Morgan fingerprint density at radius 3 is 2.32 bits per heavy atom. The van der Waals surface area contributed by atoms with Crippen LogP contribution >= 0.6 is 11.6 Å². The molecule has 98 valence electrons. The van der Waals surface area contributed by atoms with Crippen molar-refractivity contribution in [2.24, 2.45) is 0 Å². The lowest BCUT2D eigenvalue weighted by Gasteiger charge is -2.14. The Morgan fingerprint density at radius 1 is 0.895 bits per heavy atom. The molecule has 0 saturated carbocycles. The summed E-state index contributed by atoms with van der Waals surface area (Å²) in [6.45, 7) is 2.01. The van der Waals surface area contributed by atoms with Gasteiger partial charge in [0.1, 0.15) is 6.10 Å². The van der Waals surface area contributed by atoms with E-state index in [4.69, 9.17) is 21.1 Å². The molecule has 0 aliphatic carbocycles. The van der Waals surface area contributed by atoms with Crippen molar-refractivity contribution < 1.29 is 9.47 Å². The van der Waals surface area contributed by atoms with Gasteiger partial charge in [0.2, 0.25) is 0 Å². The van der Waals surface area contributed by atoms with Gasteiger partial charge < -0.3 is 9.47 Å². The monoisotopic (exact) mass is 274 g/mol. The molecule has 2 nitrogen and oxygen atoms in total. The summed E-state index contributed by atoms with van der Waals surface area (Å²) in [6.07, 6.45) is -0.471. The van der Waals surface area contributed by atoms with E-state index in [2.05, 4.69) is 0 Å². The first-order chi connectivity index (χ1) is 9.25. The lowest BCUT2D eigenvalue weighted by Crippen LogP contribution is -2.10. The minimum absolute atomic E-state index is 0.0230. The third kappa shape index (κ3) is 2.52. The van der Waals surface area contributed by atoms with Crippen LogP contribution in [0.5, 0.6) is 0 Å². The van der Waals surface area contributed by atoms with E-state index in [1.165, 1.54) is 0 Å². The average Bonchev–Trinajstić information content (AvgIpc) is 2.82. The maximum Gasteiger partial charge on any atom is 0.185 e. The second-order valence-electron chi connectivity index (χ2n) is 4.66. The van der Waals surface area contributed by atoms with E-state index in [-0.39, 0.29) is 18.5 Å². The molecule has 0 bridgehead atoms. The minimum Gasteiger partial charge on any atom is -0.342 e. The Bertz CT molecular complexity index is 556. The van der Waals surface area contributed by atoms with Crippen LogP contribution in [0.1, 0.15) is 30.4 Å². The van der Waals surface area contributed by atoms with Crippen LogP contribution in [0.4, 0.5) is 0 Å². The van der Waals surface area contributed by atoms with Gasteiger partial charge in [-0.05, 0) is 13.0 Å². The van der Waals surface area contributed by atoms with Crippen LogP contribution in [-0.4, -0.2) is 6.10 Å². The highest BCUT2D eigenvalue weighted by molar-refractivity contribution is 6.31. The summed E-state index contributed by atoms with van der Waals surface area (Å²) in [5, 5.41) is 0.719. The van der Waals surface area contributed by atoms with E-state index in [0.717, 1.165) is 16.1 Å². The third-order valence-corrected chi connectivity index (χ3v) is 3.66. The molecule has 1 aliphatic rings. The van der Waals surface area contributed by atoms with Gasteiger partial charge in [0.15, 0.2) is 6.29 Å². The first-order valence-electron chi connectivity index (χ1n) is 6.36. The zero-order valence-corrected chi connectivity index (χ0v) is 11.4. The predicted molar refractivity (Wildman–Crippen MR) is 75.0 cm³/mol. The molecular formula is C16H15ClO2. The molecule has 3 rings (SSSR count). The first-order valence-corrected chi connectivity index (χ1v) is 6.74. The zero-order valence-electron chi connectivity index (χ0n) is 10.6. The smallest absolute Gasteiger partial charge is 0.185 e. The summed E-state index contributed by atoms with van der Waals surface area (Å²) in [7, 11) is 0. The molecule has 2 aromatic carbocycles. The van der Waals surface area contributed by atoms with Crippen molar-refractivity contribution in [3.63, 3.8) is 0 Å². The molecular weight excluding hydrogens is 260 g/mol. The molecule has 0 radical (unpaired) electrons. The Kier molecular flexibility index (Phi) is 3.56. The number of rotatable bonds is 2. The van der Waals surface area contributed by atoms with Gasteiger partial charge in [-0.25, -0.2) is 0 Å². The van der Waals surface area contributed by atoms with Crippen molar-refractivity contribution in [3.8, 4) is 0 Å². The standard InChI is InChI=1S/C16H15ClO2/c1-11-15(13-9-5-6-10-14(13)17)19-16(18-11)12-7-3-2-4-8-12/h2-11,15-16H,1H3/t11-,15+,16?/m0/s1. The number of ether oxygens (including phenoxy) is 2. The molecule has 1 saturated heterocycles. The highest BCUT2D eigenvalue weighted by Crippen LogP contribution is 2.41. The maximum absolute atomic E-state index is 6.23. The summed E-state index contributed by atoms with van der Waals surface area (Å²) in [4.78, 5) is 0. The fourth-order valence-corrected chi connectivity index (χ4v) is 2.58. The second kappa shape index (κ2) is 5.33. The highest BCUT2D eigenvalue weighted by atomic mass is 35.5. The summed E-state index contributed by atoms with van der Waals surface area (Å²) < 4.78 is 11.9. The van der Waals surface area contributed by atoms with E-state index in [9.17, 15) is 0 Å². The van der Waals surface area contributed by atoms with E-state index < -0.39 is 0 Å². The van der Waals surface area contributed by atoms with Crippen molar-refractivity contribution in [1.82, 2.24) is 0 Å². The fraction of sp³-hybridized carbons (Fsp3) is 0.250. The maximum atomic E-state index is 6.23. The zero-order chi connectivity index (χ0) is 13.2. The number of halogens is 1. The number of benzene rings is 2. The Morgan fingerprint density at radius 2 is 1.58 bits per heavy atom. The lowest BCUT2D eigenvalue weighted by molar-refractivity contribution is -0.0676. The van der Waals surface area contributed by atoms with Crippen molar-refractivity contribution in [3.05, 3.63) is 70.7 Å². The Balaban J connectivity index is 1.85. The molecule has 0 N–H and O–H groups in total. The van der Waals surface area contributed by atoms with Gasteiger partial charge in [-0.2, -0.15) is 0 Å². The van der Waals surface area contributed by atoms with Gasteiger partial charge >= 0.3 is 0 Å². The molecule has 3 atom stereocenters. The van der Waals surface area contributed by atoms with E-state index >= 15 is 0 Å². The van der Waals surface area contributed by atoms with Gasteiger partial charge in [0.25, 0.3) is 0 Å². The molecule has 0 amide bonds. The van der Waals surface area contributed by atoms with Crippen molar-refractivity contribution in [2.75, 3.05) is 0 Å². The van der Waals surface area contributed by atoms with E-state index in [0.29, 0.717) is 0 Å². The van der Waals surface area contributed by atoms with Crippen LogP contribution in [0.2, 0.25) is 5.02 Å². The Hall–Kier alpha value is -1.35. The normalized spacial score (nSPS) is 26.5. The minimum atomic E-state index is -0.322. The van der Waals surface area contributed by atoms with Crippen LogP contribution in [-0.2, 0) is 9.47 Å². The number of hydrogen-bond donors (Lipinski definition) is 0. The molecule has 2 aromatic rings. The van der Waals surface area contributed by atoms with Gasteiger partial charge in [0, 0.05) is 16.1 Å². The summed E-state index contributed by atoms with van der Waals surface area (Å²) in [5.41, 5.74) is 2.01. The van der Waals surface area contributed by atoms with Gasteiger partial charge in [0.05, 0.1) is 6.10 Å². The van der Waals surface area contributed by atoms with E-state index in [1.807, 2.05) is 61.5 Å². The third-order valence-electron chi connectivity index (χ3n) is 3.32. The van der Waals surface area contributed by atoms with E-state index in [1.54, 1.807) is 0 Å². The predicted octanol–water partition coefficient (Wildman–Crippen LogP) is 4.52. The van der Waals surface area contributed by atoms with Crippen LogP contribution in [0, 0.1) is 0 Å². The van der Waals surface area contributed by atoms with Gasteiger partial charge in [-0.1, -0.05) is 60.1 Å². The topological polar surface area (TPSA) is 18.5 Å². The highest BCUT2D eigenvalue weighted by Gasteiger charge is 2.35. The largest absolute Gasteiger partial charge is 0.342 e. The lowest BCUT2D eigenvalue weighted by atomic mass is 10.1. The Labute approximate surface area is 117 Å². The first kappa shape index (κ1) is 12.7. The molecule has 3 heteroatoms. The molecule has 0 aromatic heterocycles. The molecule has 0 spiro atoms. The second-order valence-corrected chi connectivity index (χ2v) is 5.07. The quantitative estimate of drug-likeness (QED) is 0.802. The van der Waals surface area contributed by atoms with Crippen molar-refractivity contribution >= 4 is 11.6 Å². The molecule has 1 aliphatic heterocycles. The fourth-order valence-electron chi connectivity index (χ4n) is 2.34. The molecule has 19 heavy (non-hydrogen) atoms. The van der Waals surface area contributed by atoms with Crippen LogP contribution < -0.4 is 0 Å². The molecule has 1 unspecified atom stereocenters. The SMILES string of the molecule is C[C@@H]1OC(c2ccccc2)O[C@H]1c1ccccc1Cl.